The number of benzene rings is 2. The SMILES string of the molecule is COc1ccc(NC(=O)CNC(=O)c2cc(C(F)(F)F)cc(C(F)(F)F)c2)cc1. The third-order valence-corrected chi connectivity index (χ3v) is 3.63. The Morgan fingerprint density at radius 1 is 0.897 bits per heavy atom. The highest BCUT2D eigenvalue weighted by atomic mass is 19.4. The number of hydrogen-bond acceptors (Lipinski definition) is 3. The standard InChI is InChI=1S/C18H14F6N2O3/c1-29-14-4-2-13(3-5-14)26-15(27)9-25-16(28)10-6-11(17(19,20)21)8-12(7-10)18(22,23)24/h2-8H,9H2,1H3,(H,25,28)(H,26,27). The van der Waals surface area contributed by atoms with Gasteiger partial charge in [0.25, 0.3) is 5.91 Å². The molecule has 11 heteroatoms. The topological polar surface area (TPSA) is 67.4 Å². The Hall–Kier alpha value is -3.24. The van der Waals surface area contributed by atoms with Crippen molar-refractivity contribution in [2.75, 3.05) is 19.0 Å². The van der Waals surface area contributed by atoms with E-state index in [0.717, 1.165) is 0 Å². The van der Waals surface area contributed by atoms with Gasteiger partial charge in [-0.3, -0.25) is 9.59 Å². The minimum absolute atomic E-state index is 0.0901. The van der Waals surface area contributed by atoms with E-state index in [1.807, 2.05) is 5.32 Å². The van der Waals surface area contributed by atoms with E-state index in [1.54, 1.807) is 12.1 Å². The first-order valence-electron chi connectivity index (χ1n) is 7.92. The van der Waals surface area contributed by atoms with Crippen molar-refractivity contribution in [3.8, 4) is 5.75 Å². The van der Waals surface area contributed by atoms with Crippen LogP contribution in [0.15, 0.2) is 42.5 Å². The summed E-state index contributed by atoms with van der Waals surface area (Å²) in [7, 11) is 1.45. The molecule has 2 N–H and O–H groups in total. The number of methoxy groups -OCH3 is 1. The number of carbonyl (C=O) groups excluding carboxylic acids is 2. The van der Waals surface area contributed by atoms with E-state index in [9.17, 15) is 35.9 Å². The van der Waals surface area contributed by atoms with E-state index in [4.69, 9.17) is 4.74 Å². The predicted octanol–water partition coefficient (Wildman–Crippen LogP) is 4.10. The average Bonchev–Trinajstić information content (AvgIpc) is 2.65. The maximum Gasteiger partial charge on any atom is 0.416 e. The normalized spacial score (nSPS) is 11.7. The van der Waals surface area contributed by atoms with E-state index in [2.05, 4.69) is 5.32 Å². The lowest BCUT2D eigenvalue weighted by Gasteiger charge is -2.14. The van der Waals surface area contributed by atoms with Crippen molar-refractivity contribution in [3.05, 3.63) is 59.2 Å². The van der Waals surface area contributed by atoms with Gasteiger partial charge in [0.05, 0.1) is 24.8 Å². The largest absolute Gasteiger partial charge is 0.497 e. The molecule has 0 spiro atoms. The Bertz CT molecular complexity index is 860. The van der Waals surface area contributed by atoms with Gasteiger partial charge in [-0.15, -0.1) is 0 Å². The molecule has 2 aromatic carbocycles. The smallest absolute Gasteiger partial charge is 0.416 e. The van der Waals surface area contributed by atoms with Crippen molar-refractivity contribution in [1.29, 1.82) is 0 Å². The summed E-state index contributed by atoms with van der Waals surface area (Å²) in [4.78, 5) is 23.8. The van der Waals surface area contributed by atoms with Crippen molar-refractivity contribution in [2.45, 2.75) is 12.4 Å². The fourth-order valence-corrected chi connectivity index (χ4v) is 2.23. The van der Waals surface area contributed by atoms with Crippen molar-refractivity contribution < 1.29 is 40.7 Å². The second-order valence-corrected chi connectivity index (χ2v) is 5.75. The van der Waals surface area contributed by atoms with E-state index in [1.165, 1.54) is 19.2 Å². The minimum Gasteiger partial charge on any atom is -0.497 e. The number of hydrogen-bond donors (Lipinski definition) is 2. The minimum atomic E-state index is -5.08. The van der Waals surface area contributed by atoms with Crippen LogP contribution in [0.1, 0.15) is 21.5 Å². The summed E-state index contributed by atoms with van der Waals surface area (Å²) < 4.78 is 82.0. The molecule has 2 aromatic rings. The Kier molecular flexibility index (Phi) is 6.40. The molecule has 0 saturated heterocycles. The molecule has 0 bridgehead atoms. The monoisotopic (exact) mass is 420 g/mol. The molecule has 5 nitrogen and oxygen atoms in total. The Morgan fingerprint density at radius 3 is 1.86 bits per heavy atom. The number of alkyl halides is 6. The zero-order chi connectivity index (χ0) is 21.8. The number of nitrogens with one attached hydrogen (secondary N) is 2. The van der Waals surface area contributed by atoms with Gasteiger partial charge in [-0.1, -0.05) is 0 Å². The van der Waals surface area contributed by atoms with Gasteiger partial charge in [0.1, 0.15) is 5.75 Å². The van der Waals surface area contributed by atoms with Crippen LogP contribution in [0.4, 0.5) is 32.0 Å². The van der Waals surface area contributed by atoms with Crippen LogP contribution in [0.3, 0.4) is 0 Å². The molecule has 0 aliphatic heterocycles. The third kappa shape index (κ3) is 6.13. The maximum atomic E-state index is 12.8. The molecular weight excluding hydrogens is 406 g/mol. The summed E-state index contributed by atoms with van der Waals surface area (Å²) in [5.41, 5.74) is -3.77. The highest BCUT2D eigenvalue weighted by molar-refractivity contribution is 5.99. The number of carbonyl (C=O) groups is 2. The Morgan fingerprint density at radius 2 is 1.41 bits per heavy atom. The zero-order valence-electron chi connectivity index (χ0n) is 14.7. The fraction of sp³-hybridized carbons (Fsp3) is 0.222. The number of halogens is 6. The van der Waals surface area contributed by atoms with Crippen LogP contribution in [0.25, 0.3) is 0 Å². The van der Waals surface area contributed by atoms with E-state index < -0.39 is 47.4 Å². The van der Waals surface area contributed by atoms with Crippen LogP contribution >= 0.6 is 0 Å². The van der Waals surface area contributed by atoms with Crippen molar-refractivity contribution >= 4 is 17.5 Å². The van der Waals surface area contributed by atoms with Gasteiger partial charge in [-0.05, 0) is 42.5 Å². The summed E-state index contributed by atoms with van der Waals surface area (Å²) in [6, 6.07) is 6.58. The van der Waals surface area contributed by atoms with Gasteiger partial charge < -0.3 is 15.4 Å². The van der Waals surface area contributed by atoms with Gasteiger partial charge in [0, 0.05) is 11.3 Å². The van der Waals surface area contributed by atoms with E-state index in [-0.39, 0.29) is 18.2 Å². The number of amides is 2. The molecule has 0 aromatic heterocycles. The first-order chi connectivity index (χ1) is 13.4. The lowest BCUT2D eigenvalue weighted by Crippen LogP contribution is -2.33. The second kappa shape index (κ2) is 8.41. The molecule has 0 radical (unpaired) electrons. The molecule has 2 amide bonds. The lowest BCUT2D eigenvalue weighted by molar-refractivity contribution is -0.143. The molecule has 0 heterocycles. The quantitative estimate of drug-likeness (QED) is 0.716. The molecule has 0 atom stereocenters. The van der Waals surface area contributed by atoms with Crippen molar-refractivity contribution in [2.24, 2.45) is 0 Å². The molecule has 0 saturated carbocycles. The summed E-state index contributed by atoms with van der Waals surface area (Å²) in [5.74, 6) is -1.46. The van der Waals surface area contributed by atoms with Crippen LogP contribution in [0.5, 0.6) is 5.75 Å². The van der Waals surface area contributed by atoms with Gasteiger partial charge in [0.15, 0.2) is 0 Å². The molecule has 0 aliphatic rings. The van der Waals surface area contributed by atoms with Crippen molar-refractivity contribution in [1.82, 2.24) is 5.32 Å². The third-order valence-electron chi connectivity index (χ3n) is 3.63. The van der Waals surface area contributed by atoms with Gasteiger partial charge >= 0.3 is 12.4 Å². The lowest BCUT2D eigenvalue weighted by atomic mass is 10.0. The van der Waals surface area contributed by atoms with Crippen LogP contribution in [0.2, 0.25) is 0 Å². The average molecular weight is 420 g/mol. The molecular formula is C18H14F6N2O3. The predicted molar refractivity (Wildman–Crippen MR) is 90.4 cm³/mol. The molecule has 29 heavy (non-hydrogen) atoms. The van der Waals surface area contributed by atoms with Crippen LogP contribution in [-0.2, 0) is 17.1 Å². The fourth-order valence-electron chi connectivity index (χ4n) is 2.23. The second-order valence-electron chi connectivity index (χ2n) is 5.75. The molecule has 0 fully saturated rings. The molecule has 0 unspecified atom stereocenters. The first kappa shape index (κ1) is 22.1. The first-order valence-corrected chi connectivity index (χ1v) is 7.92. The Labute approximate surface area is 160 Å². The maximum absolute atomic E-state index is 12.8. The van der Waals surface area contributed by atoms with Crippen LogP contribution in [-0.4, -0.2) is 25.5 Å². The summed E-state index contributed by atoms with van der Waals surface area (Å²) in [6.07, 6.45) is -10.2. The summed E-state index contributed by atoms with van der Waals surface area (Å²) >= 11 is 0. The molecule has 156 valence electrons. The highest BCUT2D eigenvalue weighted by Gasteiger charge is 2.37. The zero-order valence-corrected chi connectivity index (χ0v) is 14.7. The summed E-state index contributed by atoms with van der Waals surface area (Å²) in [5, 5.41) is 4.39. The van der Waals surface area contributed by atoms with Crippen LogP contribution in [0, 0.1) is 0 Å². The number of rotatable bonds is 5. The van der Waals surface area contributed by atoms with Gasteiger partial charge in [0.2, 0.25) is 5.91 Å². The highest BCUT2D eigenvalue weighted by Crippen LogP contribution is 2.36. The van der Waals surface area contributed by atoms with E-state index >= 15 is 0 Å². The Balaban J connectivity index is 2.10. The van der Waals surface area contributed by atoms with Gasteiger partial charge in [-0.2, -0.15) is 26.3 Å². The summed E-state index contributed by atoms with van der Waals surface area (Å²) in [6.45, 7) is -0.664. The number of ether oxygens (including phenoxy) is 1. The van der Waals surface area contributed by atoms with Crippen LogP contribution < -0.4 is 15.4 Å². The van der Waals surface area contributed by atoms with Gasteiger partial charge in [-0.25, -0.2) is 0 Å². The molecule has 0 aliphatic carbocycles. The van der Waals surface area contributed by atoms with E-state index in [0.29, 0.717) is 11.4 Å². The van der Waals surface area contributed by atoms with Crippen molar-refractivity contribution in [3.63, 3.8) is 0 Å². The molecule has 2 rings (SSSR count). The number of anilines is 1.